The third kappa shape index (κ3) is 2.62. The van der Waals surface area contributed by atoms with Crippen molar-refractivity contribution in [1.82, 2.24) is 15.1 Å². The average Bonchev–Trinajstić information content (AvgIpc) is 2.73. The van der Waals surface area contributed by atoms with Crippen LogP contribution in [-0.4, -0.2) is 26.2 Å². The second-order valence-electron chi connectivity index (χ2n) is 3.63. The predicted octanol–water partition coefficient (Wildman–Crippen LogP) is 1.36. The zero-order chi connectivity index (χ0) is 13.1. The highest BCUT2D eigenvalue weighted by atomic mass is 16.5. The lowest BCUT2D eigenvalue weighted by Crippen LogP contribution is -2.07. The molecule has 2 aromatic rings. The number of hydrogen-bond donors (Lipinski definition) is 1. The molecule has 0 amide bonds. The van der Waals surface area contributed by atoms with E-state index in [1.54, 1.807) is 26.0 Å². The van der Waals surface area contributed by atoms with Crippen molar-refractivity contribution in [3.05, 3.63) is 35.2 Å². The standard InChI is InChI=1S/C11H11N3O4/c1-6-3-4-8(10(12-6)11(15)16)17-5-9-13-7(2)14-18-9/h3-4H,5H2,1-2H3,(H,15,16). The van der Waals surface area contributed by atoms with Crippen molar-refractivity contribution in [3.8, 4) is 5.75 Å². The minimum atomic E-state index is -1.14. The summed E-state index contributed by atoms with van der Waals surface area (Å²) in [7, 11) is 0. The van der Waals surface area contributed by atoms with E-state index in [1.165, 1.54) is 0 Å². The molecule has 7 nitrogen and oxygen atoms in total. The van der Waals surface area contributed by atoms with Gasteiger partial charge in [0.1, 0.15) is 0 Å². The lowest BCUT2D eigenvalue weighted by Gasteiger charge is -2.06. The van der Waals surface area contributed by atoms with Crippen LogP contribution in [0.2, 0.25) is 0 Å². The molecule has 94 valence electrons. The topological polar surface area (TPSA) is 98.3 Å². The first-order chi connectivity index (χ1) is 8.56. The van der Waals surface area contributed by atoms with Crippen molar-refractivity contribution in [2.24, 2.45) is 0 Å². The molecule has 0 aliphatic carbocycles. The maximum absolute atomic E-state index is 11.0. The van der Waals surface area contributed by atoms with Crippen molar-refractivity contribution >= 4 is 5.97 Å². The van der Waals surface area contributed by atoms with E-state index in [0.717, 1.165) is 0 Å². The molecule has 0 atom stereocenters. The fourth-order valence-electron chi connectivity index (χ4n) is 1.35. The van der Waals surface area contributed by atoms with E-state index in [0.29, 0.717) is 11.5 Å². The molecule has 18 heavy (non-hydrogen) atoms. The quantitative estimate of drug-likeness (QED) is 0.873. The summed E-state index contributed by atoms with van der Waals surface area (Å²) in [5, 5.41) is 12.6. The number of pyridine rings is 1. The monoisotopic (exact) mass is 249 g/mol. The molecular weight excluding hydrogens is 238 g/mol. The second kappa shape index (κ2) is 4.82. The van der Waals surface area contributed by atoms with E-state index in [1.807, 2.05) is 0 Å². The molecule has 0 aliphatic rings. The second-order valence-corrected chi connectivity index (χ2v) is 3.63. The fraction of sp³-hybridized carbons (Fsp3) is 0.273. The molecule has 2 rings (SSSR count). The molecule has 0 aliphatic heterocycles. The van der Waals surface area contributed by atoms with Crippen LogP contribution >= 0.6 is 0 Å². The van der Waals surface area contributed by atoms with Gasteiger partial charge in [-0.05, 0) is 26.0 Å². The van der Waals surface area contributed by atoms with Crippen molar-refractivity contribution < 1.29 is 19.2 Å². The van der Waals surface area contributed by atoms with E-state index in [4.69, 9.17) is 14.4 Å². The van der Waals surface area contributed by atoms with E-state index in [-0.39, 0.29) is 23.9 Å². The van der Waals surface area contributed by atoms with Crippen LogP contribution in [-0.2, 0) is 6.61 Å². The summed E-state index contributed by atoms with van der Waals surface area (Å²) in [5.74, 6) is -0.196. The molecular formula is C11H11N3O4. The van der Waals surface area contributed by atoms with Crippen LogP contribution in [0.5, 0.6) is 5.75 Å². The van der Waals surface area contributed by atoms with Crippen LogP contribution in [0.15, 0.2) is 16.7 Å². The van der Waals surface area contributed by atoms with Gasteiger partial charge in [-0.1, -0.05) is 5.16 Å². The molecule has 0 spiro atoms. The zero-order valence-corrected chi connectivity index (χ0v) is 9.88. The maximum atomic E-state index is 11.0. The van der Waals surface area contributed by atoms with Crippen molar-refractivity contribution in [1.29, 1.82) is 0 Å². The number of nitrogens with zero attached hydrogens (tertiary/aromatic N) is 3. The molecule has 2 aromatic heterocycles. The molecule has 0 bridgehead atoms. The van der Waals surface area contributed by atoms with Gasteiger partial charge in [0, 0.05) is 5.69 Å². The minimum Gasteiger partial charge on any atom is -0.481 e. The average molecular weight is 249 g/mol. The highest BCUT2D eigenvalue weighted by Gasteiger charge is 2.14. The lowest BCUT2D eigenvalue weighted by molar-refractivity contribution is 0.0683. The van der Waals surface area contributed by atoms with Gasteiger partial charge in [-0.25, -0.2) is 9.78 Å². The summed E-state index contributed by atoms with van der Waals surface area (Å²) in [6, 6.07) is 3.22. The fourth-order valence-corrected chi connectivity index (χ4v) is 1.35. The van der Waals surface area contributed by atoms with Gasteiger partial charge in [0.25, 0.3) is 5.89 Å². The van der Waals surface area contributed by atoms with E-state index < -0.39 is 5.97 Å². The van der Waals surface area contributed by atoms with Gasteiger partial charge < -0.3 is 14.4 Å². The largest absolute Gasteiger partial charge is 0.481 e. The molecule has 0 radical (unpaired) electrons. The van der Waals surface area contributed by atoms with Gasteiger partial charge in [-0.15, -0.1) is 0 Å². The highest BCUT2D eigenvalue weighted by Crippen LogP contribution is 2.18. The maximum Gasteiger partial charge on any atom is 0.358 e. The van der Waals surface area contributed by atoms with Gasteiger partial charge in [0.15, 0.2) is 23.9 Å². The molecule has 2 heterocycles. The Kier molecular flexibility index (Phi) is 3.22. The first-order valence-corrected chi connectivity index (χ1v) is 5.19. The molecule has 0 saturated heterocycles. The molecule has 0 fully saturated rings. The summed E-state index contributed by atoms with van der Waals surface area (Å²) in [4.78, 5) is 18.8. The zero-order valence-electron chi connectivity index (χ0n) is 9.88. The van der Waals surface area contributed by atoms with E-state index in [9.17, 15) is 4.79 Å². The Morgan fingerprint density at radius 3 is 2.78 bits per heavy atom. The van der Waals surface area contributed by atoms with Crippen LogP contribution in [0.25, 0.3) is 0 Å². The lowest BCUT2D eigenvalue weighted by atomic mass is 10.3. The van der Waals surface area contributed by atoms with Gasteiger partial charge >= 0.3 is 5.97 Å². The highest BCUT2D eigenvalue weighted by molar-refractivity contribution is 5.88. The van der Waals surface area contributed by atoms with Crippen molar-refractivity contribution in [2.45, 2.75) is 20.5 Å². The molecule has 7 heteroatoms. The third-order valence-corrected chi connectivity index (χ3v) is 2.12. The van der Waals surface area contributed by atoms with Gasteiger partial charge in [0.2, 0.25) is 0 Å². The van der Waals surface area contributed by atoms with Gasteiger partial charge in [0.05, 0.1) is 0 Å². The summed E-state index contributed by atoms with van der Waals surface area (Å²) in [6.45, 7) is 3.40. The number of rotatable bonds is 4. The first-order valence-electron chi connectivity index (χ1n) is 5.19. The number of ether oxygens (including phenoxy) is 1. The van der Waals surface area contributed by atoms with Crippen LogP contribution in [0.3, 0.4) is 0 Å². The minimum absolute atomic E-state index is 0.00581. The van der Waals surface area contributed by atoms with Crippen LogP contribution in [0.1, 0.15) is 27.9 Å². The van der Waals surface area contributed by atoms with Gasteiger partial charge in [-0.3, -0.25) is 0 Å². The molecule has 1 N–H and O–H groups in total. The Morgan fingerprint density at radius 2 is 2.17 bits per heavy atom. The van der Waals surface area contributed by atoms with Crippen LogP contribution in [0, 0.1) is 13.8 Å². The van der Waals surface area contributed by atoms with Gasteiger partial charge in [-0.2, -0.15) is 4.98 Å². The van der Waals surface area contributed by atoms with Crippen molar-refractivity contribution in [2.75, 3.05) is 0 Å². The summed E-state index contributed by atoms with van der Waals surface area (Å²) < 4.78 is 10.2. The van der Waals surface area contributed by atoms with Crippen LogP contribution in [0.4, 0.5) is 0 Å². The Morgan fingerprint density at radius 1 is 1.39 bits per heavy atom. The van der Waals surface area contributed by atoms with E-state index in [2.05, 4.69) is 15.1 Å². The number of carboxylic acids is 1. The normalized spacial score (nSPS) is 10.3. The van der Waals surface area contributed by atoms with Crippen LogP contribution < -0.4 is 4.74 Å². The van der Waals surface area contributed by atoms with E-state index >= 15 is 0 Å². The Bertz CT molecular complexity index is 579. The predicted molar refractivity (Wildman–Crippen MR) is 59.3 cm³/mol. The summed E-state index contributed by atoms with van der Waals surface area (Å²) >= 11 is 0. The Hall–Kier alpha value is -2.44. The van der Waals surface area contributed by atoms with Crippen molar-refractivity contribution in [3.63, 3.8) is 0 Å². The third-order valence-electron chi connectivity index (χ3n) is 2.12. The molecule has 0 aromatic carbocycles. The number of carboxylic acid groups (broad SMARTS) is 1. The number of hydrogen-bond acceptors (Lipinski definition) is 6. The first kappa shape index (κ1) is 12.0. The summed E-state index contributed by atoms with van der Waals surface area (Å²) in [5.41, 5.74) is 0.472. The Labute approximate surface area is 102 Å². The number of carbonyl (C=O) groups is 1. The SMILES string of the molecule is Cc1ccc(OCc2nc(C)no2)c(C(=O)O)n1. The molecule has 0 saturated carbocycles. The smallest absolute Gasteiger partial charge is 0.358 e. The molecule has 0 unspecified atom stereocenters. The number of aromatic nitrogens is 3. The number of aryl methyl sites for hydroxylation is 2. The Balaban J connectivity index is 2.16. The number of aromatic carboxylic acids is 1. The summed E-state index contributed by atoms with van der Waals surface area (Å²) in [6.07, 6.45) is 0.